The van der Waals surface area contributed by atoms with Gasteiger partial charge in [0.15, 0.2) is 6.29 Å². The molecule has 0 saturated carbocycles. The summed E-state index contributed by atoms with van der Waals surface area (Å²) in [7, 11) is 1.35. The van der Waals surface area contributed by atoms with Crippen molar-refractivity contribution in [2.45, 2.75) is 30.6 Å². The number of ether oxygens (including phenoxy) is 2. The van der Waals surface area contributed by atoms with E-state index >= 15 is 0 Å². The normalized spacial score (nSPS) is 46.4. The minimum atomic E-state index is -1.08. The third-order valence-corrected chi connectivity index (χ3v) is 2.17. The number of rotatable bonds is 2. The average Bonchev–Trinajstić information content (AvgIpc) is 2.15. The molecule has 0 radical (unpaired) electrons. The minimum Gasteiger partial charge on any atom is -0.394 e. The van der Waals surface area contributed by atoms with E-state index in [0.29, 0.717) is 0 Å². The predicted octanol–water partition coefficient (Wildman–Crippen LogP) is -2.60. The van der Waals surface area contributed by atoms with Crippen LogP contribution in [0.2, 0.25) is 0 Å². The summed E-state index contributed by atoms with van der Waals surface area (Å²) in [5, 5.41) is 27.6. The van der Waals surface area contributed by atoms with E-state index in [1.807, 2.05) is 0 Å². The Morgan fingerprint density at radius 2 is 2.00 bits per heavy atom. The Kier molecular flexibility index (Phi) is 3.60. The van der Waals surface area contributed by atoms with Crippen LogP contribution in [0.25, 0.3) is 0 Å². The van der Waals surface area contributed by atoms with Crippen molar-refractivity contribution in [2.75, 3.05) is 13.7 Å². The predicted molar refractivity (Wildman–Crippen MR) is 42.7 cm³/mol. The molecule has 0 aromatic rings. The highest BCUT2D eigenvalue weighted by Gasteiger charge is 2.42. The maximum atomic E-state index is 9.40. The van der Waals surface area contributed by atoms with Gasteiger partial charge in [-0.2, -0.15) is 0 Å². The van der Waals surface area contributed by atoms with Crippen molar-refractivity contribution in [3.8, 4) is 0 Å². The summed E-state index contributed by atoms with van der Waals surface area (Å²) in [6.45, 7) is -0.360. The lowest BCUT2D eigenvalue weighted by atomic mass is 9.97. The van der Waals surface area contributed by atoms with Crippen LogP contribution in [0.4, 0.5) is 0 Å². The fraction of sp³-hybridized carbons (Fsp3) is 1.00. The zero-order valence-electron chi connectivity index (χ0n) is 7.33. The molecule has 13 heavy (non-hydrogen) atoms. The molecule has 1 aliphatic rings. The SMILES string of the molecule is CO[C@@H]1OC(CO)[C@@H](O)C(N)C1O. The molecule has 6 heteroatoms. The van der Waals surface area contributed by atoms with E-state index in [0.717, 1.165) is 0 Å². The molecular formula is C7H15NO5. The Morgan fingerprint density at radius 1 is 1.38 bits per heavy atom. The van der Waals surface area contributed by atoms with Crippen LogP contribution < -0.4 is 5.73 Å². The topological polar surface area (TPSA) is 105 Å². The molecule has 5 atom stereocenters. The number of hydrogen-bond donors (Lipinski definition) is 4. The maximum absolute atomic E-state index is 9.40. The van der Waals surface area contributed by atoms with Crippen LogP contribution in [0.3, 0.4) is 0 Å². The maximum Gasteiger partial charge on any atom is 0.185 e. The first kappa shape index (κ1) is 10.8. The molecular weight excluding hydrogens is 178 g/mol. The summed E-state index contributed by atoms with van der Waals surface area (Å²) in [4.78, 5) is 0. The lowest BCUT2D eigenvalue weighted by molar-refractivity contribution is -0.267. The molecule has 0 aromatic heterocycles. The highest BCUT2D eigenvalue weighted by atomic mass is 16.7. The molecule has 5 N–H and O–H groups in total. The van der Waals surface area contributed by atoms with E-state index in [1.165, 1.54) is 7.11 Å². The Hall–Kier alpha value is -0.240. The molecule has 0 spiro atoms. The molecule has 78 valence electrons. The Labute approximate surface area is 75.9 Å². The second kappa shape index (κ2) is 4.32. The van der Waals surface area contributed by atoms with Gasteiger partial charge in [-0.1, -0.05) is 0 Å². The number of nitrogens with two attached hydrogens (primary N) is 1. The van der Waals surface area contributed by atoms with Gasteiger partial charge in [-0.25, -0.2) is 0 Å². The van der Waals surface area contributed by atoms with Crippen LogP contribution in [-0.4, -0.2) is 59.7 Å². The van der Waals surface area contributed by atoms with Gasteiger partial charge in [0.25, 0.3) is 0 Å². The van der Waals surface area contributed by atoms with Crippen LogP contribution in [0.5, 0.6) is 0 Å². The van der Waals surface area contributed by atoms with Gasteiger partial charge in [0, 0.05) is 7.11 Å². The smallest absolute Gasteiger partial charge is 0.185 e. The zero-order valence-corrected chi connectivity index (χ0v) is 7.33. The number of aliphatic hydroxyl groups excluding tert-OH is 3. The minimum absolute atomic E-state index is 0.360. The molecule has 0 amide bonds. The van der Waals surface area contributed by atoms with Crippen LogP contribution in [0.15, 0.2) is 0 Å². The summed E-state index contributed by atoms with van der Waals surface area (Å²) in [6.07, 6.45) is -3.85. The van der Waals surface area contributed by atoms with Crippen molar-refractivity contribution in [1.82, 2.24) is 0 Å². The monoisotopic (exact) mass is 193 g/mol. The van der Waals surface area contributed by atoms with Crippen molar-refractivity contribution >= 4 is 0 Å². The van der Waals surface area contributed by atoms with Crippen molar-refractivity contribution < 1.29 is 24.8 Å². The molecule has 0 aliphatic carbocycles. The summed E-state index contributed by atoms with van der Waals surface area (Å²) in [5.74, 6) is 0. The standard InChI is InChI=1S/C7H15NO5/c1-12-7-6(11)4(8)5(10)3(2-9)13-7/h3-7,9-11H,2,8H2,1H3/t3?,4?,5-,6?,7-/m1/s1. The average molecular weight is 193 g/mol. The number of aliphatic hydroxyl groups is 3. The third-order valence-electron chi connectivity index (χ3n) is 2.17. The summed E-state index contributed by atoms with van der Waals surface area (Å²) < 4.78 is 9.81. The van der Waals surface area contributed by atoms with Crippen LogP contribution >= 0.6 is 0 Å². The van der Waals surface area contributed by atoms with Gasteiger partial charge < -0.3 is 30.5 Å². The molecule has 1 saturated heterocycles. The zero-order chi connectivity index (χ0) is 10.0. The van der Waals surface area contributed by atoms with Crippen molar-refractivity contribution in [2.24, 2.45) is 5.73 Å². The fourth-order valence-electron chi connectivity index (χ4n) is 1.31. The third kappa shape index (κ3) is 1.98. The van der Waals surface area contributed by atoms with Crippen LogP contribution in [0.1, 0.15) is 0 Å². The van der Waals surface area contributed by atoms with E-state index < -0.39 is 30.6 Å². The first-order valence-corrected chi connectivity index (χ1v) is 4.02. The van der Waals surface area contributed by atoms with Gasteiger partial charge in [0.1, 0.15) is 18.3 Å². The number of hydrogen-bond acceptors (Lipinski definition) is 6. The fourth-order valence-corrected chi connectivity index (χ4v) is 1.31. The lowest BCUT2D eigenvalue weighted by Gasteiger charge is -2.39. The highest BCUT2D eigenvalue weighted by molar-refractivity contribution is 4.91. The van der Waals surface area contributed by atoms with Crippen molar-refractivity contribution in [1.29, 1.82) is 0 Å². The van der Waals surface area contributed by atoms with Gasteiger partial charge in [-0.05, 0) is 0 Å². The largest absolute Gasteiger partial charge is 0.394 e. The summed E-state index contributed by atoms with van der Waals surface area (Å²) in [5.41, 5.74) is 5.48. The van der Waals surface area contributed by atoms with E-state index in [2.05, 4.69) is 0 Å². The highest BCUT2D eigenvalue weighted by Crippen LogP contribution is 2.19. The van der Waals surface area contributed by atoms with Crippen molar-refractivity contribution in [3.63, 3.8) is 0 Å². The van der Waals surface area contributed by atoms with Gasteiger partial charge in [-0.3, -0.25) is 0 Å². The van der Waals surface area contributed by atoms with Crippen LogP contribution in [-0.2, 0) is 9.47 Å². The quantitative estimate of drug-likeness (QED) is 0.383. The second-order valence-corrected chi connectivity index (χ2v) is 3.02. The number of methoxy groups -OCH3 is 1. The molecule has 1 aliphatic heterocycles. The van der Waals surface area contributed by atoms with Gasteiger partial charge in [-0.15, -0.1) is 0 Å². The van der Waals surface area contributed by atoms with Gasteiger partial charge in [0.2, 0.25) is 0 Å². The Balaban J connectivity index is 2.66. The van der Waals surface area contributed by atoms with Gasteiger partial charge in [0.05, 0.1) is 12.6 Å². The van der Waals surface area contributed by atoms with E-state index in [9.17, 15) is 10.2 Å². The molecule has 3 unspecified atom stereocenters. The van der Waals surface area contributed by atoms with Crippen molar-refractivity contribution in [3.05, 3.63) is 0 Å². The summed E-state index contributed by atoms with van der Waals surface area (Å²) >= 11 is 0. The molecule has 6 nitrogen and oxygen atoms in total. The molecule has 0 bridgehead atoms. The van der Waals surface area contributed by atoms with E-state index in [1.54, 1.807) is 0 Å². The van der Waals surface area contributed by atoms with E-state index in [4.69, 9.17) is 20.3 Å². The first-order valence-electron chi connectivity index (χ1n) is 4.02. The second-order valence-electron chi connectivity index (χ2n) is 3.02. The molecule has 1 fully saturated rings. The Bertz CT molecular complexity index is 147. The molecule has 1 heterocycles. The lowest BCUT2D eigenvalue weighted by Crippen LogP contribution is -2.62. The summed E-state index contributed by atoms with van der Waals surface area (Å²) in [6, 6.07) is -0.865. The van der Waals surface area contributed by atoms with Crippen LogP contribution in [0, 0.1) is 0 Å². The Morgan fingerprint density at radius 3 is 2.46 bits per heavy atom. The first-order chi connectivity index (χ1) is 6.11. The molecule has 0 aromatic carbocycles. The molecule has 1 rings (SSSR count). The van der Waals surface area contributed by atoms with Gasteiger partial charge >= 0.3 is 0 Å². The van der Waals surface area contributed by atoms with E-state index in [-0.39, 0.29) is 6.61 Å².